The van der Waals surface area contributed by atoms with Crippen LogP contribution in [0.25, 0.3) is 11.1 Å². The lowest BCUT2D eigenvalue weighted by molar-refractivity contribution is 0.224. The van der Waals surface area contributed by atoms with Crippen LogP contribution in [0.1, 0.15) is 30.0 Å². The van der Waals surface area contributed by atoms with E-state index in [1.165, 1.54) is 22.9 Å². The summed E-state index contributed by atoms with van der Waals surface area (Å²) in [7, 11) is 1.73. The van der Waals surface area contributed by atoms with Crippen molar-refractivity contribution in [3.05, 3.63) is 53.2 Å². The van der Waals surface area contributed by atoms with E-state index in [0.717, 1.165) is 0 Å². The van der Waals surface area contributed by atoms with Crippen LogP contribution >= 0.6 is 0 Å². The highest BCUT2D eigenvalue weighted by Gasteiger charge is 2.26. The van der Waals surface area contributed by atoms with Gasteiger partial charge in [-0.1, -0.05) is 0 Å². The highest BCUT2D eigenvalue weighted by Crippen LogP contribution is 2.36. The molecule has 8 nitrogen and oxygen atoms in total. The van der Waals surface area contributed by atoms with Gasteiger partial charge in [-0.05, 0) is 31.2 Å². The molecule has 30 heavy (non-hydrogen) atoms. The van der Waals surface area contributed by atoms with Crippen LogP contribution in [0.2, 0.25) is 0 Å². The first-order valence-corrected chi connectivity index (χ1v) is 10.2. The highest BCUT2D eigenvalue weighted by atomic mass is 32.2. The van der Waals surface area contributed by atoms with E-state index in [1.807, 2.05) is 0 Å². The molecule has 2 N–H and O–H groups in total. The van der Waals surface area contributed by atoms with Gasteiger partial charge in [-0.25, -0.2) is 17.9 Å². The van der Waals surface area contributed by atoms with Gasteiger partial charge in [0.1, 0.15) is 34.7 Å². The van der Waals surface area contributed by atoms with Gasteiger partial charge in [-0.15, -0.1) is 0 Å². The summed E-state index contributed by atoms with van der Waals surface area (Å²) in [5.74, 6) is -0.0158. The molecule has 1 aliphatic rings. The van der Waals surface area contributed by atoms with Crippen LogP contribution in [-0.4, -0.2) is 30.3 Å². The molecule has 2 atom stereocenters. The van der Waals surface area contributed by atoms with Crippen molar-refractivity contribution < 1.29 is 13.3 Å². The first kappa shape index (κ1) is 20.0. The van der Waals surface area contributed by atoms with E-state index < -0.39 is 22.9 Å². The third kappa shape index (κ3) is 3.32. The number of aryl methyl sites for hydroxylation is 1. The second-order valence-corrected chi connectivity index (χ2v) is 8.55. The molecule has 1 aliphatic heterocycles. The highest BCUT2D eigenvalue weighted by molar-refractivity contribution is 7.82. The molecule has 3 aromatic rings. The molecule has 0 aliphatic carbocycles. The number of rotatable bonds is 0. The molecule has 0 fully saturated rings. The van der Waals surface area contributed by atoms with Gasteiger partial charge in [0.05, 0.1) is 17.1 Å². The Bertz CT molecular complexity index is 1220. The lowest BCUT2D eigenvalue weighted by atomic mass is 10.0. The van der Waals surface area contributed by atoms with Crippen molar-refractivity contribution in [1.29, 1.82) is 5.26 Å². The minimum Gasteiger partial charge on any atom is -0.482 e. The molecule has 0 saturated heterocycles. The topological polar surface area (TPSA) is 110 Å². The normalized spacial score (nSPS) is 18.9. The number of nitrogens with two attached hydrogens (primary N) is 1. The summed E-state index contributed by atoms with van der Waals surface area (Å²) in [5, 5.41) is 14.1. The number of aromatic nitrogens is 3. The van der Waals surface area contributed by atoms with E-state index in [2.05, 4.69) is 16.2 Å². The fourth-order valence-electron chi connectivity index (χ4n) is 3.50. The summed E-state index contributed by atoms with van der Waals surface area (Å²) < 4.78 is 36.3. The maximum Gasteiger partial charge on any atom is 0.166 e. The van der Waals surface area contributed by atoms with Crippen molar-refractivity contribution in [3.63, 3.8) is 0 Å². The first-order chi connectivity index (χ1) is 14.3. The van der Waals surface area contributed by atoms with E-state index in [1.54, 1.807) is 37.6 Å². The van der Waals surface area contributed by atoms with Crippen LogP contribution in [0.5, 0.6) is 5.75 Å². The summed E-state index contributed by atoms with van der Waals surface area (Å²) in [6.45, 7) is 1.92. The quantitative estimate of drug-likeness (QED) is 0.592. The number of nitrogens with zero attached hydrogens (tertiary/aromatic N) is 5. The monoisotopic (exact) mass is 426 g/mol. The van der Waals surface area contributed by atoms with Crippen LogP contribution in [0.15, 0.2) is 35.4 Å². The lowest BCUT2D eigenvalue weighted by Crippen LogP contribution is -2.23. The zero-order valence-electron chi connectivity index (χ0n) is 16.6. The Balaban J connectivity index is 1.98. The number of nitriles is 1. The van der Waals surface area contributed by atoms with Gasteiger partial charge in [0.25, 0.3) is 0 Å². The van der Waals surface area contributed by atoms with Crippen molar-refractivity contribution in [1.82, 2.24) is 19.1 Å². The Morgan fingerprint density at radius 3 is 2.87 bits per heavy atom. The average Bonchev–Trinajstić information content (AvgIpc) is 3.03. The van der Waals surface area contributed by atoms with Crippen molar-refractivity contribution in [2.45, 2.75) is 24.5 Å². The molecule has 2 aromatic heterocycles. The van der Waals surface area contributed by atoms with E-state index in [9.17, 15) is 13.9 Å². The number of hydrogen-bond acceptors (Lipinski definition) is 6. The van der Waals surface area contributed by atoms with Crippen LogP contribution in [0.4, 0.5) is 10.2 Å². The second kappa shape index (κ2) is 7.51. The van der Waals surface area contributed by atoms with Crippen LogP contribution in [0.3, 0.4) is 0 Å². The summed E-state index contributed by atoms with van der Waals surface area (Å²) in [5.41, 5.74) is 8.53. The Labute approximate surface area is 175 Å². The maximum absolute atomic E-state index is 14.0. The SMILES string of the molecule is CC1Oc2cc(cnc2N)-c2c(nn(C)c2C#N)CN(C)S(=O)c2ccc(F)cc21. The molecule has 2 unspecified atom stereocenters. The molecule has 2 bridgehead atoms. The van der Waals surface area contributed by atoms with Crippen molar-refractivity contribution in [2.24, 2.45) is 7.05 Å². The summed E-state index contributed by atoms with van der Waals surface area (Å²) >= 11 is 0. The van der Waals surface area contributed by atoms with Gasteiger partial charge in [0.2, 0.25) is 0 Å². The molecular formula is C20H19FN6O2S. The van der Waals surface area contributed by atoms with Crippen molar-refractivity contribution in [2.75, 3.05) is 12.8 Å². The zero-order valence-corrected chi connectivity index (χ0v) is 17.4. The Morgan fingerprint density at radius 2 is 2.13 bits per heavy atom. The summed E-state index contributed by atoms with van der Waals surface area (Å²) in [6, 6.07) is 7.91. The van der Waals surface area contributed by atoms with Crippen molar-refractivity contribution >= 4 is 16.8 Å². The Morgan fingerprint density at radius 1 is 1.37 bits per heavy atom. The molecule has 154 valence electrons. The molecule has 4 rings (SSSR count). The predicted octanol–water partition coefficient (Wildman–Crippen LogP) is 2.68. The fraction of sp³-hybridized carbons (Fsp3) is 0.250. The number of nitrogen functional groups attached to an aromatic ring is 1. The van der Waals surface area contributed by atoms with Crippen LogP contribution in [0, 0.1) is 17.1 Å². The molecule has 1 aromatic carbocycles. The first-order valence-electron chi connectivity index (χ1n) is 9.11. The minimum atomic E-state index is -1.62. The lowest BCUT2D eigenvalue weighted by Gasteiger charge is -2.23. The van der Waals surface area contributed by atoms with E-state index >= 15 is 0 Å². The molecule has 0 spiro atoms. The number of hydrogen-bond donors (Lipinski definition) is 1. The van der Waals surface area contributed by atoms with Crippen molar-refractivity contribution in [3.8, 4) is 22.9 Å². The molecule has 0 amide bonds. The van der Waals surface area contributed by atoms with E-state index in [0.29, 0.717) is 33.0 Å². The number of fused-ring (bicyclic) bond motifs is 5. The number of pyridine rings is 1. The maximum atomic E-state index is 14.0. The summed E-state index contributed by atoms with van der Waals surface area (Å²) in [4.78, 5) is 4.64. The minimum absolute atomic E-state index is 0.155. The van der Waals surface area contributed by atoms with E-state index in [-0.39, 0.29) is 18.1 Å². The number of halogens is 1. The van der Waals surface area contributed by atoms with Gasteiger partial charge in [-0.3, -0.25) is 4.68 Å². The predicted molar refractivity (Wildman–Crippen MR) is 109 cm³/mol. The number of anilines is 1. The van der Waals surface area contributed by atoms with Crippen LogP contribution in [-0.2, 0) is 24.6 Å². The summed E-state index contributed by atoms with van der Waals surface area (Å²) in [6.07, 6.45) is 0.903. The largest absolute Gasteiger partial charge is 0.482 e. The average molecular weight is 426 g/mol. The molecule has 0 radical (unpaired) electrons. The smallest absolute Gasteiger partial charge is 0.166 e. The van der Waals surface area contributed by atoms with Gasteiger partial charge >= 0.3 is 0 Å². The van der Waals surface area contributed by atoms with Gasteiger partial charge in [0, 0.05) is 37.0 Å². The number of benzene rings is 1. The van der Waals surface area contributed by atoms with Gasteiger partial charge in [-0.2, -0.15) is 10.4 Å². The third-order valence-electron chi connectivity index (χ3n) is 4.95. The Hall–Kier alpha value is -3.29. The van der Waals surface area contributed by atoms with Gasteiger partial charge in [0.15, 0.2) is 11.6 Å². The molecule has 0 saturated carbocycles. The number of ether oxygens (including phenoxy) is 1. The molecule has 10 heteroatoms. The second-order valence-electron chi connectivity index (χ2n) is 6.99. The Kier molecular flexibility index (Phi) is 5.01. The standard InChI is InChI=1S/C20H19FN6O2S/c1-11-14-7-13(21)4-5-18(14)30(28)26(2)10-15-19(16(8-22)27(3)25-15)12-6-17(29-11)20(23)24-9-12/h4-7,9,11H,10H2,1-3H3,(H2,23,24). The van der Waals surface area contributed by atoms with E-state index in [4.69, 9.17) is 10.5 Å². The third-order valence-corrected chi connectivity index (χ3v) is 6.40. The molecule has 3 heterocycles. The van der Waals surface area contributed by atoms with Gasteiger partial charge < -0.3 is 10.5 Å². The van der Waals surface area contributed by atoms with Crippen LogP contribution < -0.4 is 10.5 Å². The fourth-order valence-corrected chi connectivity index (χ4v) is 4.68. The zero-order chi connectivity index (χ0) is 21.6. The molecular weight excluding hydrogens is 407 g/mol.